The molecule has 0 saturated carbocycles. The van der Waals surface area contributed by atoms with E-state index < -0.39 is 0 Å². The Morgan fingerprint density at radius 2 is 2.08 bits per heavy atom. The van der Waals surface area contributed by atoms with E-state index in [2.05, 4.69) is 0 Å². The smallest absolute Gasteiger partial charge is 0.338 e. The van der Waals surface area contributed by atoms with Gasteiger partial charge in [-0.05, 0) is 52.8 Å². The fourth-order valence-corrected chi connectivity index (χ4v) is 1.40. The Balaban J connectivity index is 2.74. The summed E-state index contributed by atoms with van der Waals surface area (Å²) >= 11 is 0. The Labute approximate surface area is 85.7 Å². The minimum Gasteiger partial charge on any atom is -0.462 e. The van der Waals surface area contributed by atoms with Gasteiger partial charge in [0.05, 0.1) is 12.2 Å². The number of halogens is 1. The van der Waals surface area contributed by atoms with Crippen molar-refractivity contribution in [2.45, 2.75) is 11.8 Å². The lowest BCUT2D eigenvalue weighted by Crippen LogP contribution is -2.03. The first kappa shape index (κ1) is 10.4. The van der Waals surface area contributed by atoms with Crippen molar-refractivity contribution in [3.8, 4) is 0 Å². The average Bonchev–Trinajstić information content (AvgIpc) is 2.18. The molecular formula is C9H9ClO2S. The second-order valence-electron chi connectivity index (χ2n) is 2.32. The lowest BCUT2D eigenvalue weighted by atomic mass is 10.2. The number of benzene rings is 1. The van der Waals surface area contributed by atoms with Crippen molar-refractivity contribution in [3.05, 3.63) is 29.8 Å². The summed E-state index contributed by atoms with van der Waals surface area (Å²) in [6.07, 6.45) is 0. The first-order valence-electron chi connectivity index (χ1n) is 3.83. The van der Waals surface area contributed by atoms with Gasteiger partial charge in [0.2, 0.25) is 0 Å². The summed E-state index contributed by atoms with van der Waals surface area (Å²) in [4.78, 5) is 12.1. The Hall–Kier alpha value is -0.670. The van der Waals surface area contributed by atoms with E-state index in [-0.39, 0.29) is 5.97 Å². The van der Waals surface area contributed by atoms with Crippen LogP contribution in [0.5, 0.6) is 0 Å². The van der Waals surface area contributed by atoms with Crippen molar-refractivity contribution < 1.29 is 9.53 Å². The molecule has 0 aliphatic carbocycles. The highest BCUT2D eigenvalue weighted by atomic mass is 35.7. The molecule has 0 atom stereocenters. The monoisotopic (exact) mass is 216 g/mol. The molecule has 70 valence electrons. The fourth-order valence-electron chi connectivity index (χ4n) is 0.857. The van der Waals surface area contributed by atoms with E-state index in [1.165, 1.54) is 0 Å². The van der Waals surface area contributed by atoms with Crippen molar-refractivity contribution in [2.24, 2.45) is 0 Å². The highest BCUT2D eigenvalue weighted by molar-refractivity contribution is 8.21. The Bertz CT molecular complexity index is 284. The van der Waals surface area contributed by atoms with Crippen molar-refractivity contribution in [1.82, 2.24) is 0 Å². The molecule has 0 aromatic heterocycles. The third kappa shape index (κ3) is 2.94. The maximum absolute atomic E-state index is 11.2. The van der Waals surface area contributed by atoms with E-state index in [1.807, 2.05) is 0 Å². The minimum atomic E-state index is -0.298. The van der Waals surface area contributed by atoms with E-state index >= 15 is 0 Å². The molecule has 0 amide bonds. The summed E-state index contributed by atoms with van der Waals surface area (Å²) in [5.41, 5.74) is 0.552. The predicted molar refractivity (Wildman–Crippen MR) is 54.1 cm³/mol. The lowest BCUT2D eigenvalue weighted by molar-refractivity contribution is 0.0526. The van der Waals surface area contributed by atoms with Gasteiger partial charge in [0.25, 0.3) is 0 Å². The molecule has 0 heterocycles. The quantitative estimate of drug-likeness (QED) is 0.727. The van der Waals surface area contributed by atoms with E-state index in [4.69, 9.17) is 15.4 Å². The molecule has 0 aliphatic rings. The molecule has 0 fully saturated rings. The van der Waals surface area contributed by atoms with Gasteiger partial charge in [-0.2, -0.15) is 0 Å². The van der Waals surface area contributed by atoms with Gasteiger partial charge in [0.1, 0.15) is 0 Å². The topological polar surface area (TPSA) is 26.3 Å². The highest BCUT2D eigenvalue weighted by Crippen LogP contribution is 2.21. The van der Waals surface area contributed by atoms with Gasteiger partial charge in [-0.25, -0.2) is 4.79 Å². The van der Waals surface area contributed by atoms with Crippen LogP contribution in [0, 0.1) is 0 Å². The van der Waals surface area contributed by atoms with Gasteiger partial charge >= 0.3 is 5.97 Å². The second-order valence-corrected chi connectivity index (χ2v) is 3.41. The normalized spacial score (nSPS) is 9.69. The molecular weight excluding hydrogens is 208 g/mol. The maximum atomic E-state index is 11.2. The molecule has 0 N–H and O–H groups in total. The molecule has 0 aliphatic heterocycles. The predicted octanol–water partition coefficient (Wildman–Crippen LogP) is 3.11. The molecule has 13 heavy (non-hydrogen) atoms. The maximum Gasteiger partial charge on any atom is 0.338 e. The van der Waals surface area contributed by atoms with Gasteiger partial charge in [0, 0.05) is 4.90 Å². The summed E-state index contributed by atoms with van der Waals surface area (Å²) in [5, 5.41) is 0. The summed E-state index contributed by atoms with van der Waals surface area (Å²) < 4.78 is 4.82. The number of rotatable bonds is 3. The van der Waals surface area contributed by atoms with Crippen LogP contribution < -0.4 is 0 Å². The molecule has 0 spiro atoms. The number of hydrogen-bond acceptors (Lipinski definition) is 3. The minimum absolute atomic E-state index is 0.298. The standard InChI is InChI=1S/C9H9ClO2S/c1-2-12-9(11)7-3-5-8(13-10)6-4-7/h3-6H,2H2,1H3. The molecule has 4 heteroatoms. The van der Waals surface area contributed by atoms with Gasteiger partial charge < -0.3 is 4.74 Å². The molecule has 0 saturated heterocycles. The summed E-state index contributed by atoms with van der Waals surface area (Å²) in [7, 11) is 6.64. The van der Waals surface area contributed by atoms with Crippen molar-refractivity contribution in [2.75, 3.05) is 6.61 Å². The lowest BCUT2D eigenvalue weighted by Gasteiger charge is -2.01. The summed E-state index contributed by atoms with van der Waals surface area (Å²) in [6.45, 7) is 2.17. The average molecular weight is 217 g/mol. The number of carbonyl (C=O) groups is 1. The molecule has 0 unspecified atom stereocenters. The molecule has 2 nitrogen and oxygen atoms in total. The SMILES string of the molecule is CCOC(=O)c1ccc(SCl)cc1. The number of ether oxygens (including phenoxy) is 1. The van der Waals surface area contributed by atoms with Crippen LogP contribution in [0.2, 0.25) is 0 Å². The second kappa shape index (κ2) is 5.14. The fraction of sp³-hybridized carbons (Fsp3) is 0.222. The number of carbonyl (C=O) groups excluding carboxylic acids is 1. The molecule has 0 bridgehead atoms. The van der Waals surface area contributed by atoms with Crippen molar-refractivity contribution >= 4 is 27.6 Å². The third-order valence-corrected chi connectivity index (χ3v) is 2.44. The van der Waals surface area contributed by atoms with Crippen LogP contribution in [0.1, 0.15) is 17.3 Å². The Morgan fingerprint density at radius 3 is 2.54 bits per heavy atom. The number of esters is 1. The van der Waals surface area contributed by atoms with Gasteiger partial charge in [-0.1, -0.05) is 0 Å². The van der Waals surface area contributed by atoms with Crippen LogP contribution in [0.4, 0.5) is 0 Å². The number of hydrogen-bond donors (Lipinski definition) is 0. The van der Waals surface area contributed by atoms with Crippen LogP contribution in [-0.4, -0.2) is 12.6 Å². The zero-order valence-electron chi connectivity index (χ0n) is 7.12. The van der Waals surface area contributed by atoms with Crippen LogP contribution >= 0.6 is 21.7 Å². The van der Waals surface area contributed by atoms with E-state index in [9.17, 15) is 4.79 Å². The van der Waals surface area contributed by atoms with E-state index in [1.54, 1.807) is 31.2 Å². The highest BCUT2D eigenvalue weighted by Gasteiger charge is 2.04. The molecule has 1 aromatic carbocycles. The first-order valence-corrected chi connectivity index (χ1v) is 5.48. The zero-order chi connectivity index (χ0) is 9.68. The van der Waals surface area contributed by atoms with Crippen molar-refractivity contribution in [3.63, 3.8) is 0 Å². The van der Waals surface area contributed by atoms with Crippen molar-refractivity contribution in [1.29, 1.82) is 0 Å². The van der Waals surface area contributed by atoms with Crippen LogP contribution in [0.15, 0.2) is 29.2 Å². The van der Waals surface area contributed by atoms with Crippen LogP contribution in [0.25, 0.3) is 0 Å². The van der Waals surface area contributed by atoms with E-state index in [0.717, 1.165) is 15.9 Å². The summed E-state index contributed by atoms with van der Waals surface area (Å²) in [5.74, 6) is -0.298. The third-order valence-electron chi connectivity index (χ3n) is 1.45. The molecule has 0 radical (unpaired) electrons. The Morgan fingerprint density at radius 1 is 1.46 bits per heavy atom. The largest absolute Gasteiger partial charge is 0.462 e. The van der Waals surface area contributed by atoms with Gasteiger partial charge in [0.15, 0.2) is 0 Å². The Kier molecular flexibility index (Phi) is 4.12. The van der Waals surface area contributed by atoms with Gasteiger partial charge in [-0.15, -0.1) is 0 Å². The van der Waals surface area contributed by atoms with Crippen LogP contribution in [-0.2, 0) is 4.74 Å². The first-order chi connectivity index (χ1) is 6.27. The molecule has 1 rings (SSSR count). The van der Waals surface area contributed by atoms with E-state index in [0.29, 0.717) is 12.2 Å². The van der Waals surface area contributed by atoms with Gasteiger partial charge in [-0.3, -0.25) is 0 Å². The summed E-state index contributed by atoms with van der Waals surface area (Å²) in [6, 6.07) is 6.96. The molecule has 1 aromatic rings. The zero-order valence-corrected chi connectivity index (χ0v) is 8.69. The van der Waals surface area contributed by atoms with Crippen LogP contribution in [0.3, 0.4) is 0 Å².